The monoisotopic (exact) mass is 276 g/mol. The van der Waals surface area contributed by atoms with E-state index in [4.69, 9.17) is 5.73 Å². The highest BCUT2D eigenvalue weighted by atomic mass is 16.1. The van der Waals surface area contributed by atoms with Gasteiger partial charge in [0.15, 0.2) is 12.1 Å². The third-order valence-corrected chi connectivity index (χ3v) is 3.69. The van der Waals surface area contributed by atoms with E-state index in [1.54, 1.807) is 4.40 Å². The van der Waals surface area contributed by atoms with Crippen molar-refractivity contribution in [1.29, 1.82) is 0 Å². The summed E-state index contributed by atoms with van der Waals surface area (Å²) in [6, 6.07) is 12.0. The van der Waals surface area contributed by atoms with Gasteiger partial charge >= 0.3 is 0 Å². The van der Waals surface area contributed by atoms with Gasteiger partial charge < -0.3 is 10.7 Å². The van der Waals surface area contributed by atoms with E-state index < -0.39 is 0 Å². The quantitative estimate of drug-likeness (QED) is 0.553. The van der Waals surface area contributed by atoms with Crippen molar-refractivity contribution in [3.05, 3.63) is 54.5 Å². The summed E-state index contributed by atoms with van der Waals surface area (Å²) >= 11 is 0. The smallest absolute Gasteiger partial charge is 0.170 e. The van der Waals surface area contributed by atoms with Gasteiger partial charge in [-0.3, -0.25) is 9.20 Å². The molecule has 0 saturated carbocycles. The Kier molecular flexibility index (Phi) is 2.35. The molecule has 21 heavy (non-hydrogen) atoms. The van der Waals surface area contributed by atoms with Gasteiger partial charge in [0.25, 0.3) is 0 Å². The molecule has 0 aliphatic rings. The summed E-state index contributed by atoms with van der Waals surface area (Å²) in [5, 5.41) is 1.15. The normalized spacial score (nSPS) is 11.2. The molecule has 3 aromatic heterocycles. The van der Waals surface area contributed by atoms with E-state index >= 15 is 0 Å². The number of aromatic amines is 1. The van der Waals surface area contributed by atoms with Crippen LogP contribution in [0.5, 0.6) is 0 Å². The number of aldehydes is 1. The number of para-hydroxylation sites is 1. The van der Waals surface area contributed by atoms with Gasteiger partial charge in [-0.25, -0.2) is 4.98 Å². The van der Waals surface area contributed by atoms with Crippen LogP contribution < -0.4 is 5.73 Å². The molecular weight excluding hydrogens is 264 g/mol. The van der Waals surface area contributed by atoms with Crippen LogP contribution in [0, 0.1) is 0 Å². The molecule has 0 amide bonds. The molecular formula is C16H12N4O. The lowest BCUT2D eigenvalue weighted by Gasteiger charge is -2.05. The van der Waals surface area contributed by atoms with Crippen LogP contribution in [-0.2, 0) is 0 Å². The Balaban J connectivity index is 2.02. The zero-order chi connectivity index (χ0) is 14.4. The van der Waals surface area contributed by atoms with Crippen LogP contribution in [0.2, 0.25) is 0 Å². The molecule has 0 atom stereocenters. The molecule has 5 nitrogen and oxygen atoms in total. The second-order valence-electron chi connectivity index (χ2n) is 4.89. The van der Waals surface area contributed by atoms with Gasteiger partial charge in [-0.05, 0) is 23.6 Å². The first-order valence-corrected chi connectivity index (χ1v) is 6.57. The molecule has 0 fully saturated rings. The molecule has 4 aromatic rings. The first-order chi connectivity index (χ1) is 10.3. The molecule has 0 bridgehead atoms. The number of H-pyrrole nitrogens is 1. The molecule has 5 heteroatoms. The average Bonchev–Trinajstić information content (AvgIpc) is 3.09. The number of hydrogen-bond acceptors (Lipinski definition) is 3. The third kappa shape index (κ3) is 1.64. The van der Waals surface area contributed by atoms with Crippen molar-refractivity contribution in [3.8, 4) is 11.1 Å². The fourth-order valence-corrected chi connectivity index (χ4v) is 2.68. The van der Waals surface area contributed by atoms with Gasteiger partial charge in [-0.15, -0.1) is 0 Å². The fourth-order valence-electron chi connectivity index (χ4n) is 2.68. The van der Waals surface area contributed by atoms with Crippen molar-refractivity contribution in [1.82, 2.24) is 14.4 Å². The van der Waals surface area contributed by atoms with E-state index in [-0.39, 0.29) is 5.82 Å². The Bertz CT molecular complexity index is 980. The lowest BCUT2D eigenvalue weighted by Crippen LogP contribution is -1.95. The number of imidazole rings is 1. The highest BCUT2D eigenvalue weighted by Gasteiger charge is 2.11. The van der Waals surface area contributed by atoms with Gasteiger partial charge in [-0.2, -0.15) is 0 Å². The number of carbonyl (C=O) groups excluding carboxylic acids is 1. The molecule has 0 aliphatic carbocycles. The van der Waals surface area contributed by atoms with Crippen molar-refractivity contribution in [2.45, 2.75) is 0 Å². The minimum atomic E-state index is 0.250. The average molecular weight is 276 g/mol. The number of pyridine rings is 1. The van der Waals surface area contributed by atoms with Crippen molar-refractivity contribution in [2.75, 3.05) is 5.73 Å². The first-order valence-electron chi connectivity index (χ1n) is 6.57. The van der Waals surface area contributed by atoms with E-state index in [1.807, 2.05) is 42.7 Å². The molecule has 3 heterocycles. The fraction of sp³-hybridized carbons (Fsp3) is 0. The molecule has 0 unspecified atom stereocenters. The number of nitrogens with one attached hydrogen (secondary N) is 1. The number of fused-ring (bicyclic) bond motifs is 2. The van der Waals surface area contributed by atoms with Crippen molar-refractivity contribution in [2.24, 2.45) is 0 Å². The topological polar surface area (TPSA) is 76.2 Å². The van der Waals surface area contributed by atoms with Gasteiger partial charge in [0.2, 0.25) is 0 Å². The number of anilines is 1. The number of nitrogens with zero attached hydrogens (tertiary/aromatic N) is 2. The van der Waals surface area contributed by atoms with E-state index in [9.17, 15) is 4.79 Å². The maximum absolute atomic E-state index is 11.2. The second-order valence-corrected chi connectivity index (χ2v) is 4.89. The standard InChI is InChI=1S/C16H12N4O/c17-16-13(9-21)20-8-11(4-5-14(20)19-16)12-3-1-2-10-6-7-18-15(10)12/h1-9,18H,17H2. The SMILES string of the molecule is Nc1nc2ccc(-c3cccc4cc[nH]c34)cn2c1C=O. The minimum absolute atomic E-state index is 0.250. The Morgan fingerprint density at radius 2 is 2.10 bits per heavy atom. The number of nitrogens with two attached hydrogens (primary N) is 1. The van der Waals surface area contributed by atoms with Gasteiger partial charge in [0.1, 0.15) is 11.3 Å². The molecule has 0 saturated heterocycles. The van der Waals surface area contributed by atoms with Crippen molar-refractivity contribution >= 4 is 28.7 Å². The van der Waals surface area contributed by atoms with E-state index in [0.29, 0.717) is 11.3 Å². The summed E-state index contributed by atoms with van der Waals surface area (Å²) in [5.41, 5.74) is 9.94. The Morgan fingerprint density at radius 1 is 1.19 bits per heavy atom. The molecule has 0 radical (unpaired) electrons. The van der Waals surface area contributed by atoms with E-state index in [0.717, 1.165) is 28.3 Å². The summed E-state index contributed by atoms with van der Waals surface area (Å²) in [6.45, 7) is 0. The predicted molar refractivity (Wildman–Crippen MR) is 82.3 cm³/mol. The summed E-state index contributed by atoms with van der Waals surface area (Å²) in [4.78, 5) is 18.6. The summed E-state index contributed by atoms with van der Waals surface area (Å²) in [6.07, 6.45) is 4.53. The van der Waals surface area contributed by atoms with Crippen LogP contribution in [0.3, 0.4) is 0 Å². The zero-order valence-corrected chi connectivity index (χ0v) is 11.1. The van der Waals surface area contributed by atoms with Crippen molar-refractivity contribution < 1.29 is 4.79 Å². The number of carbonyl (C=O) groups is 1. The third-order valence-electron chi connectivity index (χ3n) is 3.69. The second kappa shape index (κ2) is 4.21. The van der Waals surface area contributed by atoms with Crippen LogP contribution in [0.4, 0.5) is 5.82 Å². The number of benzene rings is 1. The van der Waals surface area contributed by atoms with Crippen molar-refractivity contribution in [3.63, 3.8) is 0 Å². The van der Waals surface area contributed by atoms with Crippen LogP contribution >= 0.6 is 0 Å². The lowest BCUT2D eigenvalue weighted by atomic mass is 10.1. The van der Waals surface area contributed by atoms with Gasteiger partial charge in [-0.1, -0.05) is 18.2 Å². The maximum atomic E-state index is 11.2. The number of aromatic nitrogens is 3. The summed E-state index contributed by atoms with van der Waals surface area (Å²) in [5.74, 6) is 0.250. The van der Waals surface area contributed by atoms with Crippen LogP contribution in [-0.4, -0.2) is 20.7 Å². The molecule has 102 valence electrons. The Labute approximate surface area is 120 Å². The maximum Gasteiger partial charge on any atom is 0.170 e. The van der Waals surface area contributed by atoms with Gasteiger partial charge in [0, 0.05) is 23.5 Å². The largest absolute Gasteiger partial charge is 0.382 e. The van der Waals surface area contributed by atoms with E-state index in [1.165, 1.54) is 0 Å². The highest BCUT2D eigenvalue weighted by molar-refractivity contribution is 5.94. The van der Waals surface area contributed by atoms with Crippen LogP contribution in [0.1, 0.15) is 10.5 Å². The molecule has 3 N–H and O–H groups in total. The lowest BCUT2D eigenvalue weighted by molar-refractivity contribution is 0.111. The number of nitrogen functional groups attached to an aromatic ring is 1. The molecule has 0 spiro atoms. The van der Waals surface area contributed by atoms with E-state index in [2.05, 4.69) is 16.0 Å². The minimum Gasteiger partial charge on any atom is -0.382 e. The summed E-state index contributed by atoms with van der Waals surface area (Å²) in [7, 11) is 0. The summed E-state index contributed by atoms with van der Waals surface area (Å²) < 4.78 is 1.72. The molecule has 4 rings (SSSR count). The van der Waals surface area contributed by atoms with Crippen LogP contribution in [0.25, 0.3) is 27.7 Å². The first kappa shape index (κ1) is 11.7. The molecule has 0 aliphatic heterocycles. The number of rotatable bonds is 2. The van der Waals surface area contributed by atoms with Crippen LogP contribution in [0.15, 0.2) is 48.8 Å². The predicted octanol–water partition coefficient (Wildman–Crippen LogP) is 2.88. The highest BCUT2D eigenvalue weighted by Crippen LogP contribution is 2.28. The Hall–Kier alpha value is -3.08. The zero-order valence-electron chi connectivity index (χ0n) is 11.1. The number of hydrogen-bond donors (Lipinski definition) is 2. The molecule has 1 aromatic carbocycles. The Morgan fingerprint density at radius 3 is 2.95 bits per heavy atom. The van der Waals surface area contributed by atoms with Gasteiger partial charge in [0.05, 0.1) is 5.52 Å².